The van der Waals surface area contributed by atoms with Crippen molar-refractivity contribution >= 4 is 23.3 Å². The molecule has 1 atom stereocenters. The number of amides is 2. The minimum atomic E-state index is -0.513. The maximum atomic E-state index is 13.3. The van der Waals surface area contributed by atoms with E-state index in [1.165, 1.54) is 16.6 Å². The van der Waals surface area contributed by atoms with E-state index in [0.717, 1.165) is 31.4 Å². The minimum absolute atomic E-state index is 0.109. The van der Waals surface area contributed by atoms with Crippen LogP contribution < -0.4 is 16.2 Å². The van der Waals surface area contributed by atoms with E-state index in [-0.39, 0.29) is 48.0 Å². The summed E-state index contributed by atoms with van der Waals surface area (Å²) < 4.78 is 16.0. The second kappa shape index (κ2) is 8.07. The van der Waals surface area contributed by atoms with E-state index in [4.69, 9.17) is 0 Å². The highest BCUT2D eigenvalue weighted by atomic mass is 19.1. The van der Waals surface area contributed by atoms with Gasteiger partial charge in [0, 0.05) is 24.6 Å². The van der Waals surface area contributed by atoms with Gasteiger partial charge in [-0.05, 0) is 38.9 Å². The van der Waals surface area contributed by atoms with Crippen molar-refractivity contribution in [3.05, 3.63) is 57.5 Å². The molecule has 3 aromatic heterocycles. The molecule has 172 valence electrons. The Balaban J connectivity index is 1.59. The third-order valence-electron chi connectivity index (χ3n) is 6.18. The lowest BCUT2D eigenvalue weighted by molar-refractivity contribution is -0.116. The van der Waals surface area contributed by atoms with Crippen LogP contribution in [0.5, 0.6) is 0 Å². The first-order valence-corrected chi connectivity index (χ1v) is 10.9. The zero-order valence-corrected chi connectivity index (χ0v) is 18.3. The summed E-state index contributed by atoms with van der Waals surface area (Å²) in [5.41, 5.74) is 1.34. The fourth-order valence-electron chi connectivity index (χ4n) is 4.46. The highest BCUT2D eigenvalue weighted by Gasteiger charge is 2.36. The van der Waals surface area contributed by atoms with E-state index in [1.807, 2.05) is 13.8 Å². The summed E-state index contributed by atoms with van der Waals surface area (Å²) >= 11 is 0. The predicted octanol–water partition coefficient (Wildman–Crippen LogP) is 1.11. The first kappa shape index (κ1) is 21.3. The minimum Gasteiger partial charge on any atom is -0.330 e. The lowest BCUT2D eigenvalue weighted by Crippen LogP contribution is -2.32. The standard InChI is InChI=1S/C22H24FN7O3/c1-12(2)28-10-15-20(22(28)33)29(11-18(31)26-17-4-3-14(23)9-25-17)19-7-16(13-5-6-24-8-13)27-30(19)21(15)32/h3-4,7,9,12-13,24H,5-6,8,10-11H2,1-2H3,(H,25,26,31)/t13-/m1/s1. The lowest BCUT2D eigenvalue weighted by Gasteiger charge is -2.20. The molecular formula is C22H24FN7O3. The van der Waals surface area contributed by atoms with Crippen molar-refractivity contribution in [2.24, 2.45) is 0 Å². The van der Waals surface area contributed by atoms with Crippen molar-refractivity contribution in [3.63, 3.8) is 0 Å². The fourth-order valence-corrected chi connectivity index (χ4v) is 4.46. The molecule has 3 aromatic rings. The van der Waals surface area contributed by atoms with E-state index in [0.29, 0.717) is 11.2 Å². The molecule has 10 nitrogen and oxygen atoms in total. The monoisotopic (exact) mass is 453 g/mol. The van der Waals surface area contributed by atoms with Gasteiger partial charge < -0.3 is 20.1 Å². The Kier molecular flexibility index (Phi) is 5.20. The van der Waals surface area contributed by atoms with Crippen LogP contribution in [0.1, 0.15) is 47.9 Å². The van der Waals surface area contributed by atoms with Gasteiger partial charge in [0.05, 0.1) is 24.0 Å². The molecule has 11 heteroatoms. The SMILES string of the molecule is CC(C)N1Cc2c(n(CC(=O)Nc3ccc(F)cn3)c3cc([C@@H]4CCNC4)nn3c2=O)C1=O. The van der Waals surface area contributed by atoms with Crippen LogP contribution in [0.15, 0.2) is 29.2 Å². The first-order valence-electron chi connectivity index (χ1n) is 10.9. The van der Waals surface area contributed by atoms with Gasteiger partial charge in [-0.15, -0.1) is 0 Å². The van der Waals surface area contributed by atoms with Gasteiger partial charge in [0.2, 0.25) is 5.91 Å². The van der Waals surface area contributed by atoms with Crippen LogP contribution in [0.4, 0.5) is 10.2 Å². The Morgan fingerprint density at radius 2 is 2.15 bits per heavy atom. The number of pyridine rings is 1. The molecular weight excluding hydrogens is 429 g/mol. The number of anilines is 1. The third-order valence-corrected chi connectivity index (χ3v) is 6.18. The topological polar surface area (TPSA) is 114 Å². The molecule has 0 unspecified atom stereocenters. The highest BCUT2D eigenvalue weighted by Crippen LogP contribution is 2.27. The number of rotatable bonds is 5. The number of aromatic nitrogens is 4. The van der Waals surface area contributed by atoms with E-state index in [1.54, 1.807) is 15.5 Å². The van der Waals surface area contributed by atoms with Crippen LogP contribution in [-0.4, -0.2) is 55.0 Å². The van der Waals surface area contributed by atoms with Crippen molar-refractivity contribution in [2.75, 3.05) is 18.4 Å². The summed E-state index contributed by atoms with van der Waals surface area (Å²) in [5.74, 6) is -0.912. The summed E-state index contributed by atoms with van der Waals surface area (Å²) in [6.07, 6.45) is 1.91. The van der Waals surface area contributed by atoms with Crippen molar-refractivity contribution in [3.8, 4) is 0 Å². The van der Waals surface area contributed by atoms with Crippen molar-refractivity contribution in [1.82, 2.24) is 29.4 Å². The second-order valence-electron chi connectivity index (χ2n) is 8.68. The highest BCUT2D eigenvalue weighted by molar-refractivity contribution is 5.98. The van der Waals surface area contributed by atoms with Gasteiger partial charge in [0.15, 0.2) is 0 Å². The maximum absolute atomic E-state index is 13.3. The molecule has 1 saturated heterocycles. The lowest BCUT2D eigenvalue weighted by atomic mass is 10.1. The second-order valence-corrected chi connectivity index (χ2v) is 8.68. The van der Waals surface area contributed by atoms with Gasteiger partial charge in [-0.1, -0.05) is 0 Å². The Morgan fingerprint density at radius 3 is 2.82 bits per heavy atom. The maximum Gasteiger partial charge on any atom is 0.280 e. The average Bonchev–Trinajstić information content (AvgIpc) is 3.51. The molecule has 5 rings (SSSR count). The summed E-state index contributed by atoms with van der Waals surface area (Å²) in [5, 5.41) is 10.5. The first-order chi connectivity index (χ1) is 15.8. The smallest absolute Gasteiger partial charge is 0.280 e. The van der Waals surface area contributed by atoms with E-state index in [2.05, 4.69) is 20.7 Å². The molecule has 0 aromatic carbocycles. The quantitative estimate of drug-likeness (QED) is 0.598. The summed E-state index contributed by atoms with van der Waals surface area (Å²) in [4.78, 5) is 44.8. The molecule has 33 heavy (non-hydrogen) atoms. The van der Waals surface area contributed by atoms with Crippen LogP contribution in [0, 0.1) is 5.82 Å². The number of nitrogens with zero attached hydrogens (tertiary/aromatic N) is 5. The summed E-state index contributed by atoms with van der Waals surface area (Å²) in [6.45, 7) is 5.32. The Hall–Kier alpha value is -3.60. The molecule has 5 heterocycles. The fraction of sp³-hybridized carbons (Fsp3) is 0.409. The van der Waals surface area contributed by atoms with Crippen LogP contribution in [0.2, 0.25) is 0 Å². The zero-order chi connectivity index (χ0) is 23.3. The molecule has 0 radical (unpaired) electrons. The Morgan fingerprint density at radius 1 is 1.33 bits per heavy atom. The number of nitrogens with one attached hydrogen (secondary N) is 2. The molecule has 0 aliphatic carbocycles. The van der Waals surface area contributed by atoms with Gasteiger partial charge in [-0.25, -0.2) is 9.37 Å². The van der Waals surface area contributed by atoms with Crippen molar-refractivity contribution in [1.29, 1.82) is 0 Å². The van der Waals surface area contributed by atoms with Crippen LogP contribution in [0.3, 0.4) is 0 Å². The molecule has 1 fully saturated rings. The molecule has 0 saturated carbocycles. The number of halogens is 1. The molecule has 0 bridgehead atoms. The normalized spacial score (nSPS) is 17.9. The Labute approximate surface area is 188 Å². The van der Waals surface area contributed by atoms with Crippen molar-refractivity contribution < 1.29 is 14.0 Å². The van der Waals surface area contributed by atoms with Crippen LogP contribution in [0.25, 0.3) is 5.65 Å². The van der Waals surface area contributed by atoms with Crippen LogP contribution in [-0.2, 0) is 17.9 Å². The third kappa shape index (κ3) is 3.67. The van der Waals surface area contributed by atoms with Crippen LogP contribution >= 0.6 is 0 Å². The Bertz CT molecular complexity index is 1310. The largest absolute Gasteiger partial charge is 0.330 e. The summed E-state index contributed by atoms with van der Waals surface area (Å²) in [7, 11) is 0. The summed E-state index contributed by atoms with van der Waals surface area (Å²) in [6, 6.07) is 4.23. The molecule has 2 aliphatic heterocycles. The van der Waals surface area contributed by atoms with Gasteiger partial charge >= 0.3 is 0 Å². The van der Waals surface area contributed by atoms with Gasteiger partial charge in [-0.3, -0.25) is 14.4 Å². The van der Waals surface area contributed by atoms with E-state index < -0.39 is 11.7 Å². The molecule has 2 N–H and O–H groups in total. The van der Waals surface area contributed by atoms with Gasteiger partial charge in [-0.2, -0.15) is 9.61 Å². The predicted molar refractivity (Wildman–Crippen MR) is 118 cm³/mol. The van der Waals surface area contributed by atoms with Gasteiger partial charge in [0.1, 0.15) is 29.5 Å². The molecule has 2 amide bonds. The molecule has 0 spiro atoms. The van der Waals surface area contributed by atoms with Gasteiger partial charge in [0.25, 0.3) is 11.5 Å². The number of carbonyl (C=O) groups excluding carboxylic acids is 2. The zero-order valence-electron chi connectivity index (χ0n) is 18.3. The molecule has 2 aliphatic rings. The van der Waals surface area contributed by atoms with Crippen molar-refractivity contribution in [2.45, 2.75) is 45.3 Å². The average molecular weight is 453 g/mol. The van der Waals surface area contributed by atoms with E-state index >= 15 is 0 Å². The number of fused-ring (bicyclic) bond motifs is 2. The number of hydrogen-bond donors (Lipinski definition) is 2. The number of carbonyl (C=O) groups is 2. The van der Waals surface area contributed by atoms with E-state index in [9.17, 15) is 18.8 Å². The number of hydrogen-bond acceptors (Lipinski definition) is 6.